The number of halogens is 1. The van der Waals surface area contributed by atoms with E-state index in [1.807, 2.05) is 19.9 Å². The van der Waals surface area contributed by atoms with Gasteiger partial charge in [0.2, 0.25) is 5.91 Å². The zero-order valence-electron chi connectivity index (χ0n) is 14.1. The van der Waals surface area contributed by atoms with Gasteiger partial charge >= 0.3 is 0 Å². The second-order valence-electron chi connectivity index (χ2n) is 5.84. The van der Waals surface area contributed by atoms with Crippen molar-refractivity contribution in [2.75, 3.05) is 6.54 Å². The van der Waals surface area contributed by atoms with Crippen LogP contribution in [0.1, 0.15) is 32.6 Å². The summed E-state index contributed by atoms with van der Waals surface area (Å²) in [6, 6.07) is 10.1. The van der Waals surface area contributed by atoms with E-state index >= 15 is 0 Å². The summed E-state index contributed by atoms with van der Waals surface area (Å²) in [5.41, 5.74) is 4.00. The fraction of sp³-hybridized carbons (Fsp3) is 0.263. The van der Waals surface area contributed by atoms with Gasteiger partial charge in [0.25, 0.3) is 5.91 Å². The van der Waals surface area contributed by atoms with Crippen LogP contribution in [0.2, 0.25) is 0 Å². The van der Waals surface area contributed by atoms with Gasteiger partial charge in [0.1, 0.15) is 5.82 Å². The van der Waals surface area contributed by atoms with Gasteiger partial charge in [-0.2, -0.15) is 0 Å². The highest BCUT2D eigenvalue weighted by molar-refractivity contribution is 5.96. The molecule has 2 rings (SSSR count). The number of hydrogen-bond donors (Lipinski definition) is 2. The Bertz CT molecular complexity index is 772. The van der Waals surface area contributed by atoms with Crippen LogP contribution in [0.3, 0.4) is 0 Å². The average molecular weight is 328 g/mol. The van der Waals surface area contributed by atoms with E-state index in [4.69, 9.17) is 0 Å². The van der Waals surface area contributed by atoms with Crippen molar-refractivity contribution >= 4 is 11.8 Å². The van der Waals surface area contributed by atoms with Crippen LogP contribution in [-0.4, -0.2) is 18.4 Å². The predicted octanol–water partition coefficient (Wildman–Crippen LogP) is 2.80. The molecular formula is C19H21FN2O2. The first-order valence-corrected chi connectivity index (χ1v) is 7.74. The smallest absolute Gasteiger partial charge is 0.251 e. The van der Waals surface area contributed by atoms with E-state index in [0.717, 1.165) is 16.7 Å². The summed E-state index contributed by atoms with van der Waals surface area (Å²) in [6.45, 7) is 5.76. The summed E-state index contributed by atoms with van der Waals surface area (Å²) in [4.78, 5) is 23.9. The highest BCUT2D eigenvalue weighted by atomic mass is 19.1. The number of rotatable bonds is 5. The minimum absolute atomic E-state index is 0.105. The molecule has 0 radical (unpaired) electrons. The molecule has 0 bridgehead atoms. The van der Waals surface area contributed by atoms with Crippen LogP contribution in [0.4, 0.5) is 4.39 Å². The van der Waals surface area contributed by atoms with E-state index in [0.29, 0.717) is 17.7 Å². The molecule has 0 spiro atoms. The van der Waals surface area contributed by atoms with Crippen molar-refractivity contribution in [3.8, 4) is 0 Å². The second-order valence-corrected chi connectivity index (χ2v) is 5.84. The normalized spacial score (nSPS) is 10.3. The maximum Gasteiger partial charge on any atom is 0.251 e. The first-order chi connectivity index (χ1) is 11.4. The lowest BCUT2D eigenvalue weighted by molar-refractivity contribution is -0.120. The lowest BCUT2D eigenvalue weighted by Gasteiger charge is -2.09. The molecule has 0 aliphatic rings. The Morgan fingerprint density at radius 1 is 0.917 bits per heavy atom. The summed E-state index contributed by atoms with van der Waals surface area (Å²) in [7, 11) is 0. The quantitative estimate of drug-likeness (QED) is 0.887. The van der Waals surface area contributed by atoms with Crippen molar-refractivity contribution in [2.45, 2.75) is 27.3 Å². The van der Waals surface area contributed by atoms with Gasteiger partial charge in [0.05, 0.1) is 6.54 Å². The van der Waals surface area contributed by atoms with Gasteiger partial charge in [-0.15, -0.1) is 0 Å². The molecule has 0 heterocycles. The Hall–Kier alpha value is -2.69. The summed E-state index contributed by atoms with van der Waals surface area (Å²) < 4.78 is 13.2. The van der Waals surface area contributed by atoms with Gasteiger partial charge in [0, 0.05) is 12.1 Å². The molecule has 0 aromatic heterocycles. The van der Waals surface area contributed by atoms with Crippen LogP contribution in [0.5, 0.6) is 0 Å². The standard InChI is InChI=1S/C19H21FN2O2/c1-12-4-6-16(9-13(12)2)19(24)22-11-18(23)21-10-15-5-7-17(20)14(3)8-15/h4-9H,10-11H2,1-3H3,(H,21,23)(H,22,24). The van der Waals surface area contributed by atoms with Gasteiger partial charge in [-0.1, -0.05) is 18.2 Å². The predicted molar refractivity (Wildman–Crippen MR) is 91.2 cm³/mol. The maximum atomic E-state index is 13.2. The summed E-state index contributed by atoms with van der Waals surface area (Å²) in [5.74, 6) is -0.856. The molecule has 0 unspecified atom stereocenters. The molecule has 2 amide bonds. The minimum Gasteiger partial charge on any atom is -0.350 e. The number of amides is 2. The number of carbonyl (C=O) groups is 2. The van der Waals surface area contributed by atoms with Crippen molar-refractivity contribution in [3.05, 3.63) is 70.0 Å². The third-order valence-corrected chi connectivity index (χ3v) is 3.89. The third kappa shape index (κ3) is 4.65. The van der Waals surface area contributed by atoms with Crippen LogP contribution < -0.4 is 10.6 Å². The van der Waals surface area contributed by atoms with E-state index in [9.17, 15) is 14.0 Å². The summed E-state index contributed by atoms with van der Waals surface area (Å²) in [6.07, 6.45) is 0. The fourth-order valence-electron chi connectivity index (χ4n) is 2.23. The molecule has 126 valence electrons. The molecule has 2 N–H and O–H groups in total. The lowest BCUT2D eigenvalue weighted by atomic mass is 10.1. The third-order valence-electron chi connectivity index (χ3n) is 3.89. The molecular weight excluding hydrogens is 307 g/mol. The SMILES string of the molecule is Cc1ccc(C(=O)NCC(=O)NCc2ccc(F)c(C)c2)cc1C. The van der Waals surface area contributed by atoms with Gasteiger partial charge in [-0.05, 0) is 61.2 Å². The highest BCUT2D eigenvalue weighted by Gasteiger charge is 2.09. The van der Waals surface area contributed by atoms with E-state index in [1.54, 1.807) is 31.2 Å². The fourth-order valence-corrected chi connectivity index (χ4v) is 2.23. The molecule has 4 nitrogen and oxygen atoms in total. The number of nitrogens with one attached hydrogen (secondary N) is 2. The molecule has 0 fully saturated rings. The molecule has 2 aromatic carbocycles. The largest absolute Gasteiger partial charge is 0.350 e. The minimum atomic E-state index is -0.297. The maximum absolute atomic E-state index is 13.2. The average Bonchev–Trinajstić information content (AvgIpc) is 2.56. The number of carbonyl (C=O) groups excluding carboxylic acids is 2. The molecule has 24 heavy (non-hydrogen) atoms. The van der Waals surface area contributed by atoms with Gasteiger partial charge in [-0.25, -0.2) is 4.39 Å². The zero-order chi connectivity index (χ0) is 17.7. The molecule has 0 atom stereocenters. The van der Waals surface area contributed by atoms with Crippen LogP contribution in [0.15, 0.2) is 36.4 Å². The van der Waals surface area contributed by atoms with Gasteiger partial charge < -0.3 is 10.6 Å². The summed E-state index contributed by atoms with van der Waals surface area (Å²) in [5, 5.41) is 5.29. The molecule has 5 heteroatoms. The van der Waals surface area contributed by atoms with Crippen molar-refractivity contribution in [3.63, 3.8) is 0 Å². The van der Waals surface area contributed by atoms with Crippen molar-refractivity contribution in [1.29, 1.82) is 0 Å². The van der Waals surface area contributed by atoms with Crippen LogP contribution >= 0.6 is 0 Å². The zero-order valence-corrected chi connectivity index (χ0v) is 14.1. The Kier molecular flexibility index (Phi) is 5.68. The number of aryl methyl sites for hydroxylation is 3. The molecule has 0 aliphatic heterocycles. The van der Waals surface area contributed by atoms with E-state index in [1.165, 1.54) is 6.07 Å². The first-order valence-electron chi connectivity index (χ1n) is 7.74. The molecule has 0 aliphatic carbocycles. The number of benzene rings is 2. The first kappa shape index (κ1) is 17.7. The molecule has 0 saturated carbocycles. The topological polar surface area (TPSA) is 58.2 Å². The van der Waals surface area contributed by atoms with Crippen molar-refractivity contribution < 1.29 is 14.0 Å². The van der Waals surface area contributed by atoms with Crippen LogP contribution in [0, 0.1) is 26.6 Å². The van der Waals surface area contributed by atoms with Crippen molar-refractivity contribution in [2.24, 2.45) is 0 Å². The molecule has 0 saturated heterocycles. The Morgan fingerprint density at radius 3 is 2.33 bits per heavy atom. The van der Waals surface area contributed by atoms with Gasteiger partial charge in [-0.3, -0.25) is 9.59 Å². The van der Waals surface area contributed by atoms with Crippen LogP contribution in [0.25, 0.3) is 0 Å². The monoisotopic (exact) mass is 328 g/mol. The van der Waals surface area contributed by atoms with E-state index in [2.05, 4.69) is 10.6 Å². The van der Waals surface area contributed by atoms with Gasteiger partial charge in [0.15, 0.2) is 0 Å². The Balaban J connectivity index is 1.83. The van der Waals surface area contributed by atoms with E-state index < -0.39 is 0 Å². The summed E-state index contributed by atoms with van der Waals surface area (Å²) >= 11 is 0. The van der Waals surface area contributed by atoms with Crippen molar-refractivity contribution in [1.82, 2.24) is 10.6 Å². The van der Waals surface area contributed by atoms with Crippen LogP contribution in [-0.2, 0) is 11.3 Å². The lowest BCUT2D eigenvalue weighted by Crippen LogP contribution is -2.36. The second kappa shape index (κ2) is 7.73. The molecule has 2 aromatic rings. The highest BCUT2D eigenvalue weighted by Crippen LogP contribution is 2.10. The Morgan fingerprint density at radius 2 is 1.67 bits per heavy atom. The van der Waals surface area contributed by atoms with E-state index in [-0.39, 0.29) is 24.2 Å². The Labute approximate surface area is 141 Å². The number of hydrogen-bond acceptors (Lipinski definition) is 2.